The number of hydrazine groups is 1. The predicted molar refractivity (Wildman–Crippen MR) is 127 cm³/mol. The Balaban J connectivity index is 1.34. The van der Waals surface area contributed by atoms with E-state index < -0.39 is 5.60 Å². The van der Waals surface area contributed by atoms with E-state index in [0.29, 0.717) is 17.7 Å². The van der Waals surface area contributed by atoms with Crippen LogP contribution in [0.1, 0.15) is 49.1 Å². The van der Waals surface area contributed by atoms with Gasteiger partial charge in [-0.25, -0.2) is 20.0 Å². The third-order valence-corrected chi connectivity index (χ3v) is 6.53. The standard InChI is InChI=1S/C25H29N7O/c1-25(2,33)21-4-3-5-22(29-21)32-23-18(15-31(32)20-8-9-20)14-27-24(30-23)28-19-7-6-16-10-11-26-13-17(16)12-19/h3-7,12,14,20,26,33H,8-11,13,15H2,1-2H3,(H,27,28,30). The van der Waals surface area contributed by atoms with E-state index in [-0.39, 0.29) is 0 Å². The lowest BCUT2D eigenvalue weighted by Gasteiger charge is -2.29. The summed E-state index contributed by atoms with van der Waals surface area (Å²) in [5.74, 6) is 2.18. The van der Waals surface area contributed by atoms with Gasteiger partial charge in [0, 0.05) is 36.6 Å². The molecule has 3 aliphatic rings. The van der Waals surface area contributed by atoms with Crippen LogP contribution in [0.5, 0.6) is 0 Å². The highest BCUT2D eigenvalue weighted by Gasteiger charge is 2.41. The van der Waals surface area contributed by atoms with Crippen molar-refractivity contribution in [3.05, 3.63) is 65.0 Å². The van der Waals surface area contributed by atoms with Crippen LogP contribution in [-0.2, 0) is 25.1 Å². The Bertz CT molecular complexity index is 1200. The molecule has 0 bridgehead atoms. The van der Waals surface area contributed by atoms with Crippen molar-refractivity contribution in [2.75, 3.05) is 16.9 Å². The number of aromatic nitrogens is 3. The van der Waals surface area contributed by atoms with Crippen LogP contribution in [0.2, 0.25) is 0 Å². The molecule has 4 heterocycles. The van der Waals surface area contributed by atoms with E-state index in [1.165, 1.54) is 11.1 Å². The first kappa shape index (κ1) is 20.5. The lowest BCUT2D eigenvalue weighted by atomic mass is 10.0. The first-order valence-corrected chi connectivity index (χ1v) is 11.7. The monoisotopic (exact) mass is 443 g/mol. The average Bonchev–Trinajstić information content (AvgIpc) is 3.59. The Morgan fingerprint density at radius 3 is 2.79 bits per heavy atom. The molecule has 6 rings (SSSR count). The molecule has 3 N–H and O–H groups in total. The minimum absolute atomic E-state index is 0.483. The zero-order valence-corrected chi connectivity index (χ0v) is 19.0. The molecule has 0 amide bonds. The van der Waals surface area contributed by atoms with E-state index in [0.717, 1.165) is 61.8 Å². The molecule has 0 atom stereocenters. The van der Waals surface area contributed by atoms with Crippen LogP contribution in [0, 0.1) is 0 Å². The van der Waals surface area contributed by atoms with Gasteiger partial charge in [-0.05, 0) is 75.0 Å². The summed E-state index contributed by atoms with van der Waals surface area (Å²) >= 11 is 0. The Morgan fingerprint density at radius 2 is 1.97 bits per heavy atom. The van der Waals surface area contributed by atoms with E-state index >= 15 is 0 Å². The topological polar surface area (TPSA) is 89.4 Å². The lowest BCUT2D eigenvalue weighted by Crippen LogP contribution is -2.36. The van der Waals surface area contributed by atoms with Gasteiger partial charge in [0.05, 0.1) is 5.69 Å². The van der Waals surface area contributed by atoms with Gasteiger partial charge in [0.1, 0.15) is 11.4 Å². The number of anilines is 4. The fourth-order valence-corrected chi connectivity index (χ4v) is 4.59. The number of fused-ring (bicyclic) bond motifs is 2. The maximum atomic E-state index is 10.5. The fourth-order valence-electron chi connectivity index (χ4n) is 4.59. The normalized spacial score (nSPS) is 18.2. The van der Waals surface area contributed by atoms with Crippen LogP contribution < -0.4 is 15.6 Å². The smallest absolute Gasteiger partial charge is 0.229 e. The minimum atomic E-state index is -1.01. The van der Waals surface area contributed by atoms with Gasteiger partial charge in [0.15, 0.2) is 5.82 Å². The number of nitrogens with one attached hydrogen (secondary N) is 2. The van der Waals surface area contributed by atoms with Crippen molar-refractivity contribution in [2.45, 2.75) is 57.8 Å². The molecule has 0 unspecified atom stereocenters. The molecule has 0 radical (unpaired) electrons. The largest absolute Gasteiger partial charge is 0.384 e. The van der Waals surface area contributed by atoms with E-state index in [4.69, 9.17) is 9.97 Å². The second-order valence-electron chi connectivity index (χ2n) is 9.66. The van der Waals surface area contributed by atoms with E-state index in [9.17, 15) is 5.11 Å². The minimum Gasteiger partial charge on any atom is -0.384 e. The third kappa shape index (κ3) is 3.94. The van der Waals surface area contributed by atoms with E-state index in [2.05, 4.69) is 43.8 Å². The van der Waals surface area contributed by atoms with Crippen molar-refractivity contribution >= 4 is 23.3 Å². The van der Waals surface area contributed by atoms with Gasteiger partial charge in [0.25, 0.3) is 0 Å². The highest BCUT2D eigenvalue weighted by molar-refractivity contribution is 5.65. The van der Waals surface area contributed by atoms with Crippen molar-refractivity contribution in [1.82, 2.24) is 25.3 Å². The number of nitrogens with zero attached hydrogens (tertiary/aromatic N) is 5. The summed E-state index contributed by atoms with van der Waals surface area (Å²) in [6.45, 7) is 6.20. The van der Waals surface area contributed by atoms with Crippen LogP contribution in [0.25, 0.3) is 0 Å². The van der Waals surface area contributed by atoms with Crippen molar-refractivity contribution in [3.63, 3.8) is 0 Å². The predicted octanol–water partition coefficient (Wildman–Crippen LogP) is 3.52. The molecule has 2 aromatic heterocycles. The SMILES string of the molecule is CC(C)(O)c1cccc(N2c3nc(Nc4ccc5c(c4)CNCC5)ncc3CN2C2CC2)n1. The van der Waals surface area contributed by atoms with Crippen molar-refractivity contribution in [3.8, 4) is 0 Å². The molecule has 0 saturated heterocycles. The number of aliphatic hydroxyl groups is 1. The molecule has 3 aromatic rings. The zero-order valence-electron chi connectivity index (χ0n) is 19.0. The lowest BCUT2D eigenvalue weighted by molar-refractivity contribution is 0.0738. The quantitative estimate of drug-likeness (QED) is 0.552. The van der Waals surface area contributed by atoms with Gasteiger partial charge in [-0.1, -0.05) is 12.1 Å². The van der Waals surface area contributed by atoms with Gasteiger partial charge < -0.3 is 15.7 Å². The van der Waals surface area contributed by atoms with Crippen LogP contribution in [0.15, 0.2) is 42.6 Å². The van der Waals surface area contributed by atoms with Crippen LogP contribution >= 0.6 is 0 Å². The van der Waals surface area contributed by atoms with Crippen LogP contribution in [0.3, 0.4) is 0 Å². The van der Waals surface area contributed by atoms with Gasteiger partial charge in [-0.3, -0.25) is 0 Å². The molecule has 1 aromatic carbocycles. The van der Waals surface area contributed by atoms with Gasteiger partial charge in [0.2, 0.25) is 5.95 Å². The van der Waals surface area contributed by atoms with E-state index in [1.54, 1.807) is 13.8 Å². The zero-order chi connectivity index (χ0) is 22.6. The number of pyridine rings is 1. The molecule has 8 heteroatoms. The molecule has 33 heavy (non-hydrogen) atoms. The van der Waals surface area contributed by atoms with Gasteiger partial charge in [-0.2, -0.15) is 4.98 Å². The molecule has 8 nitrogen and oxygen atoms in total. The fraction of sp³-hybridized carbons (Fsp3) is 0.400. The summed E-state index contributed by atoms with van der Waals surface area (Å²) in [6, 6.07) is 12.7. The summed E-state index contributed by atoms with van der Waals surface area (Å²) in [4.78, 5) is 14.3. The molecule has 1 fully saturated rings. The number of rotatable bonds is 5. The second-order valence-corrected chi connectivity index (χ2v) is 9.66. The summed E-state index contributed by atoms with van der Waals surface area (Å²) in [7, 11) is 0. The Labute approximate surface area is 193 Å². The summed E-state index contributed by atoms with van der Waals surface area (Å²) in [5.41, 5.74) is 4.42. The first-order valence-electron chi connectivity index (χ1n) is 11.7. The van der Waals surface area contributed by atoms with Crippen molar-refractivity contribution < 1.29 is 5.11 Å². The van der Waals surface area contributed by atoms with Gasteiger partial charge >= 0.3 is 0 Å². The molecular weight excluding hydrogens is 414 g/mol. The Morgan fingerprint density at radius 1 is 1.09 bits per heavy atom. The number of hydrogen-bond donors (Lipinski definition) is 3. The third-order valence-electron chi connectivity index (χ3n) is 6.53. The van der Waals surface area contributed by atoms with E-state index in [1.807, 2.05) is 24.4 Å². The maximum Gasteiger partial charge on any atom is 0.229 e. The number of hydrogen-bond acceptors (Lipinski definition) is 8. The van der Waals surface area contributed by atoms with Crippen molar-refractivity contribution in [1.29, 1.82) is 0 Å². The van der Waals surface area contributed by atoms with Crippen LogP contribution in [0.4, 0.5) is 23.3 Å². The summed E-state index contributed by atoms with van der Waals surface area (Å²) in [6.07, 6.45) is 5.31. The second kappa shape index (κ2) is 7.76. The van der Waals surface area contributed by atoms with Crippen LogP contribution in [-0.4, -0.2) is 37.7 Å². The maximum absolute atomic E-state index is 10.5. The average molecular weight is 444 g/mol. The summed E-state index contributed by atoms with van der Waals surface area (Å²) < 4.78 is 0. The number of benzene rings is 1. The highest BCUT2D eigenvalue weighted by Crippen LogP contribution is 2.42. The molecule has 1 saturated carbocycles. The molecule has 0 spiro atoms. The Kier molecular flexibility index (Phi) is 4.83. The summed E-state index contributed by atoms with van der Waals surface area (Å²) in [5, 5.41) is 21.7. The van der Waals surface area contributed by atoms with Crippen molar-refractivity contribution in [2.24, 2.45) is 0 Å². The van der Waals surface area contributed by atoms with Gasteiger partial charge in [-0.15, -0.1) is 0 Å². The molecule has 1 aliphatic carbocycles. The molecule has 2 aliphatic heterocycles. The first-order chi connectivity index (χ1) is 16.0. The molecular formula is C25H29N7O. The highest BCUT2D eigenvalue weighted by atomic mass is 16.3. The Hall–Kier alpha value is -3.07. The molecule has 170 valence electrons.